The van der Waals surface area contributed by atoms with E-state index < -0.39 is 11.5 Å². The SMILES string of the molecule is CCCc1ccc(C(=O)CC2(O)C(=O)N(Cc3cccc(Cl)c3)c3ccccc32)cc1. The van der Waals surface area contributed by atoms with E-state index >= 15 is 0 Å². The number of carbonyl (C=O) groups is 2. The molecule has 0 fully saturated rings. The monoisotopic (exact) mass is 433 g/mol. The van der Waals surface area contributed by atoms with Crippen LogP contribution in [0.4, 0.5) is 5.69 Å². The van der Waals surface area contributed by atoms with Crippen LogP contribution in [0, 0.1) is 0 Å². The van der Waals surface area contributed by atoms with Crippen LogP contribution in [0.15, 0.2) is 72.8 Å². The number of halogens is 1. The Morgan fingerprint density at radius 2 is 1.74 bits per heavy atom. The fourth-order valence-corrected chi connectivity index (χ4v) is 4.35. The minimum atomic E-state index is -1.89. The molecular weight excluding hydrogens is 410 g/mol. The van der Waals surface area contributed by atoms with Crippen molar-refractivity contribution in [2.75, 3.05) is 4.90 Å². The van der Waals surface area contributed by atoms with Gasteiger partial charge in [-0.15, -0.1) is 0 Å². The molecular formula is C26H24ClNO3. The highest BCUT2D eigenvalue weighted by Crippen LogP contribution is 2.43. The number of amides is 1. The Bertz CT molecular complexity index is 1130. The van der Waals surface area contributed by atoms with Gasteiger partial charge in [0.2, 0.25) is 0 Å². The molecule has 0 saturated heterocycles. The van der Waals surface area contributed by atoms with Crippen LogP contribution in [0.3, 0.4) is 0 Å². The summed E-state index contributed by atoms with van der Waals surface area (Å²) in [6, 6.07) is 21.7. The van der Waals surface area contributed by atoms with Crippen LogP contribution in [0.25, 0.3) is 0 Å². The highest BCUT2D eigenvalue weighted by molar-refractivity contribution is 6.30. The number of carbonyl (C=O) groups excluding carboxylic acids is 2. The number of hydrogen-bond acceptors (Lipinski definition) is 3. The van der Waals surface area contributed by atoms with Gasteiger partial charge in [0.1, 0.15) is 0 Å². The van der Waals surface area contributed by atoms with E-state index in [0.717, 1.165) is 24.0 Å². The van der Waals surface area contributed by atoms with E-state index in [1.807, 2.05) is 30.3 Å². The van der Waals surface area contributed by atoms with Gasteiger partial charge in [-0.2, -0.15) is 0 Å². The second-order valence-electron chi connectivity index (χ2n) is 7.95. The molecule has 0 aromatic heterocycles. The number of para-hydroxylation sites is 1. The lowest BCUT2D eigenvalue weighted by molar-refractivity contribution is -0.136. The molecule has 1 heterocycles. The molecule has 0 saturated carbocycles. The van der Waals surface area contributed by atoms with Gasteiger partial charge in [0.15, 0.2) is 11.4 Å². The van der Waals surface area contributed by atoms with Crippen molar-refractivity contribution in [2.24, 2.45) is 0 Å². The summed E-state index contributed by atoms with van der Waals surface area (Å²) in [5.41, 5.74) is 1.67. The molecule has 0 radical (unpaired) electrons. The van der Waals surface area contributed by atoms with Crippen molar-refractivity contribution in [1.82, 2.24) is 0 Å². The fourth-order valence-electron chi connectivity index (χ4n) is 4.13. The first-order valence-electron chi connectivity index (χ1n) is 10.4. The standard InChI is InChI=1S/C26H24ClNO3/c1-2-6-18-11-13-20(14-12-18)24(29)16-26(31)22-9-3-4-10-23(22)28(25(26)30)17-19-7-5-8-21(27)15-19/h3-5,7-15,31H,2,6,16-17H2,1H3. The van der Waals surface area contributed by atoms with Crippen molar-refractivity contribution < 1.29 is 14.7 Å². The summed E-state index contributed by atoms with van der Waals surface area (Å²) in [6.07, 6.45) is 1.67. The summed E-state index contributed by atoms with van der Waals surface area (Å²) in [7, 11) is 0. The summed E-state index contributed by atoms with van der Waals surface area (Å²) in [5.74, 6) is -0.761. The predicted octanol–water partition coefficient (Wildman–Crippen LogP) is 5.30. The molecule has 3 aromatic rings. The Hall–Kier alpha value is -2.95. The van der Waals surface area contributed by atoms with Crippen molar-refractivity contribution in [3.05, 3.63) is 100 Å². The van der Waals surface area contributed by atoms with Gasteiger partial charge in [-0.25, -0.2) is 0 Å². The number of Topliss-reactive ketones (excluding diaryl/α,β-unsaturated/α-hetero) is 1. The molecule has 4 nitrogen and oxygen atoms in total. The maximum atomic E-state index is 13.4. The van der Waals surface area contributed by atoms with Gasteiger partial charge in [0.25, 0.3) is 5.91 Å². The van der Waals surface area contributed by atoms with Crippen LogP contribution in [0.5, 0.6) is 0 Å². The molecule has 3 aromatic carbocycles. The summed E-state index contributed by atoms with van der Waals surface area (Å²) in [6.45, 7) is 2.37. The predicted molar refractivity (Wildman–Crippen MR) is 122 cm³/mol. The molecule has 4 rings (SSSR count). The van der Waals surface area contributed by atoms with Crippen molar-refractivity contribution >= 4 is 29.0 Å². The van der Waals surface area contributed by atoms with Crippen molar-refractivity contribution in [2.45, 2.75) is 38.3 Å². The number of anilines is 1. The van der Waals surface area contributed by atoms with Crippen LogP contribution in [0.1, 0.15) is 46.8 Å². The maximum Gasteiger partial charge on any atom is 0.264 e. The van der Waals surface area contributed by atoms with Gasteiger partial charge in [0, 0.05) is 16.1 Å². The number of aliphatic hydroxyl groups is 1. The lowest BCUT2D eigenvalue weighted by Crippen LogP contribution is -2.41. The van der Waals surface area contributed by atoms with Gasteiger partial charge in [-0.3, -0.25) is 9.59 Å². The molecule has 0 spiro atoms. The molecule has 31 heavy (non-hydrogen) atoms. The minimum Gasteiger partial charge on any atom is -0.375 e. The van der Waals surface area contributed by atoms with E-state index in [2.05, 4.69) is 6.92 Å². The molecule has 0 aliphatic carbocycles. The average Bonchev–Trinajstić information content (AvgIpc) is 2.96. The van der Waals surface area contributed by atoms with Gasteiger partial charge in [0.05, 0.1) is 18.7 Å². The summed E-state index contributed by atoms with van der Waals surface area (Å²) in [5, 5.41) is 12.0. The van der Waals surface area contributed by atoms with Gasteiger partial charge < -0.3 is 10.0 Å². The minimum absolute atomic E-state index is 0.263. The third-order valence-electron chi connectivity index (χ3n) is 5.70. The summed E-state index contributed by atoms with van der Waals surface area (Å²) in [4.78, 5) is 27.9. The maximum absolute atomic E-state index is 13.4. The van der Waals surface area contributed by atoms with Crippen LogP contribution in [-0.2, 0) is 23.4 Å². The molecule has 5 heteroatoms. The van der Waals surface area contributed by atoms with Crippen LogP contribution >= 0.6 is 11.6 Å². The van der Waals surface area contributed by atoms with E-state index in [-0.39, 0.29) is 18.7 Å². The fraction of sp³-hybridized carbons (Fsp3) is 0.231. The quantitative estimate of drug-likeness (QED) is 0.514. The van der Waals surface area contributed by atoms with Gasteiger partial charge in [-0.1, -0.05) is 79.5 Å². The largest absolute Gasteiger partial charge is 0.375 e. The number of aryl methyl sites for hydroxylation is 1. The highest BCUT2D eigenvalue weighted by atomic mass is 35.5. The second-order valence-corrected chi connectivity index (χ2v) is 8.38. The van der Waals surface area contributed by atoms with Crippen LogP contribution < -0.4 is 4.90 Å². The third kappa shape index (κ3) is 4.14. The van der Waals surface area contributed by atoms with E-state index in [0.29, 0.717) is 21.8 Å². The number of nitrogens with zero attached hydrogens (tertiary/aromatic N) is 1. The lowest BCUT2D eigenvalue weighted by atomic mass is 9.88. The number of fused-ring (bicyclic) bond motifs is 1. The summed E-state index contributed by atoms with van der Waals surface area (Å²) < 4.78 is 0. The molecule has 1 aliphatic rings. The summed E-state index contributed by atoms with van der Waals surface area (Å²) >= 11 is 6.09. The zero-order valence-electron chi connectivity index (χ0n) is 17.3. The first-order valence-corrected chi connectivity index (χ1v) is 10.8. The topological polar surface area (TPSA) is 57.6 Å². The van der Waals surface area contributed by atoms with Gasteiger partial charge in [-0.05, 0) is 35.7 Å². The Kier molecular flexibility index (Phi) is 5.94. The van der Waals surface area contributed by atoms with E-state index in [1.54, 1.807) is 42.5 Å². The molecule has 0 bridgehead atoms. The number of benzene rings is 3. The highest BCUT2D eigenvalue weighted by Gasteiger charge is 2.50. The molecule has 1 N–H and O–H groups in total. The van der Waals surface area contributed by atoms with E-state index in [9.17, 15) is 14.7 Å². The number of hydrogen-bond donors (Lipinski definition) is 1. The first-order chi connectivity index (χ1) is 14.9. The Labute approximate surface area is 187 Å². The van der Waals surface area contributed by atoms with E-state index in [1.165, 1.54) is 4.90 Å². The Balaban J connectivity index is 1.62. The molecule has 158 valence electrons. The molecule has 1 unspecified atom stereocenters. The molecule has 1 amide bonds. The zero-order valence-corrected chi connectivity index (χ0v) is 18.1. The zero-order chi connectivity index (χ0) is 22.0. The van der Waals surface area contributed by atoms with Crippen LogP contribution in [-0.4, -0.2) is 16.8 Å². The van der Waals surface area contributed by atoms with Crippen molar-refractivity contribution in [1.29, 1.82) is 0 Å². The van der Waals surface area contributed by atoms with Crippen LogP contribution in [0.2, 0.25) is 5.02 Å². The van der Waals surface area contributed by atoms with Crippen molar-refractivity contribution in [3.63, 3.8) is 0 Å². The van der Waals surface area contributed by atoms with Gasteiger partial charge >= 0.3 is 0 Å². The first kappa shape index (κ1) is 21.3. The number of ketones is 1. The molecule has 1 aliphatic heterocycles. The normalized spacial score (nSPS) is 17.6. The lowest BCUT2D eigenvalue weighted by Gasteiger charge is -2.23. The van der Waals surface area contributed by atoms with Crippen molar-refractivity contribution in [3.8, 4) is 0 Å². The smallest absolute Gasteiger partial charge is 0.264 e. The average molecular weight is 434 g/mol. The molecule has 1 atom stereocenters. The van der Waals surface area contributed by atoms with E-state index in [4.69, 9.17) is 11.6 Å². The Morgan fingerprint density at radius 1 is 1.00 bits per heavy atom. The Morgan fingerprint density at radius 3 is 2.45 bits per heavy atom. The number of rotatable bonds is 7. The second kappa shape index (κ2) is 8.66. The third-order valence-corrected chi connectivity index (χ3v) is 5.94.